The van der Waals surface area contributed by atoms with Crippen molar-refractivity contribution in [2.24, 2.45) is 29.6 Å². The number of carbonyl (C=O) groups excluding carboxylic acids is 2. The topological polar surface area (TPSA) is 91.3 Å². The third-order valence-corrected chi connectivity index (χ3v) is 9.65. The number of fused-ring (bicyclic) bond motifs is 2. The normalized spacial score (nSPS) is 43.2. The Kier molecular flexibility index (Phi) is 9.07. The third-order valence-electron chi connectivity index (χ3n) is 9.65. The van der Waals surface area contributed by atoms with Gasteiger partial charge in [-0.05, 0) is 49.5 Å². The van der Waals surface area contributed by atoms with Crippen LogP contribution in [0.4, 0.5) is 0 Å². The molecule has 1 aliphatic carbocycles. The van der Waals surface area contributed by atoms with Crippen molar-refractivity contribution in [2.45, 2.75) is 129 Å². The zero-order valence-electron chi connectivity index (χ0n) is 23.4. The summed E-state index contributed by atoms with van der Waals surface area (Å²) in [5.41, 5.74) is -0.260. The van der Waals surface area contributed by atoms with Crippen LogP contribution in [0.2, 0.25) is 0 Å². The summed E-state index contributed by atoms with van der Waals surface area (Å²) in [5.74, 6) is 0.358. The minimum atomic E-state index is -0.925. The number of ether oxygens (including phenoxy) is 4. The quantitative estimate of drug-likeness (QED) is 0.274. The lowest BCUT2D eigenvalue weighted by atomic mass is 9.59. The van der Waals surface area contributed by atoms with Crippen LogP contribution < -0.4 is 0 Å². The van der Waals surface area contributed by atoms with Crippen molar-refractivity contribution in [1.29, 1.82) is 0 Å². The van der Waals surface area contributed by atoms with Gasteiger partial charge >= 0.3 is 11.9 Å². The van der Waals surface area contributed by atoms with E-state index < -0.39 is 17.8 Å². The highest BCUT2D eigenvalue weighted by Gasteiger charge is 2.65. The van der Waals surface area contributed by atoms with Gasteiger partial charge in [-0.25, -0.2) is 0 Å². The maximum Gasteiger partial charge on any atom is 0.306 e. The van der Waals surface area contributed by atoms with Crippen LogP contribution in [0.5, 0.6) is 0 Å². The molecule has 4 fully saturated rings. The summed E-state index contributed by atoms with van der Waals surface area (Å²) in [5, 5.41) is 11.1. The van der Waals surface area contributed by atoms with Crippen molar-refractivity contribution >= 4 is 11.9 Å². The number of aliphatic hydroxyl groups is 1. The molecule has 0 spiro atoms. The van der Waals surface area contributed by atoms with Crippen LogP contribution in [0.3, 0.4) is 0 Å². The monoisotopic (exact) mass is 520 g/mol. The highest BCUT2D eigenvalue weighted by molar-refractivity contribution is 5.69. The Hall–Kier alpha value is -1.44. The van der Waals surface area contributed by atoms with E-state index in [0.29, 0.717) is 30.9 Å². The maximum atomic E-state index is 13.0. The molecule has 7 nitrogen and oxygen atoms in total. The fourth-order valence-electron chi connectivity index (χ4n) is 7.61. The summed E-state index contributed by atoms with van der Waals surface area (Å²) in [4.78, 5) is 25.1. The highest BCUT2D eigenvalue weighted by atomic mass is 16.6. The summed E-state index contributed by atoms with van der Waals surface area (Å²) in [7, 11) is 0. The average molecular weight is 521 g/mol. The van der Waals surface area contributed by atoms with Crippen molar-refractivity contribution < 1.29 is 33.6 Å². The summed E-state index contributed by atoms with van der Waals surface area (Å²) in [6.07, 6.45) is 4.92. The lowest BCUT2D eigenvalue weighted by Gasteiger charge is -2.47. The molecular weight excluding hydrogens is 472 g/mol. The largest absolute Gasteiger partial charge is 0.462 e. The van der Waals surface area contributed by atoms with Crippen LogP contribution in [0.15, 0.2) is 12.2 Å². The van der Waals surface area contributed by atoms with E-state index in [1.807, 2.05) is 6.92 Å². The molecule has 4 aliphatic rings. The number of esters is 2. The zero-order chi connectivity index (χ0) is 26.9. The Bertz CT molecular complexity index is 842. The van der Waals surface area contributed by atoms with Gasteiger partial charge in [0.05, 0.1) is 24.9 Å². The smallest absolute Gasteiger partial charge is 0.306 e. The molecule has 0 aromatic rings. The Morgan fingerprint density at radius 1 is 1.08 bits per heavy atom. The van der Waals surface area contributed by atoms with Gasteiger partial charge in [0.15, 0.2) is 0 Å². The van der Waals surface area contributed by atoms with Crippen molar-refractivity contribution in [3.8, 4) is 0 Å². The van der Waals surface area contributed by atoms with Gasteiger partial charge < -0.3 is 24.1 Å². The Morgan fingerprint density at radius 3 is 2.51 bits per heavy atom. The third kappa shape index (κ3) is 5.79. The van der Waals surface area contributed by atoms with Gasteiger partial charge in [0, 0.05) is 31.6 Å². The lowest BCUT2D eigenvalue weighted by Crippen LogP contribution is -2.58. The first-order valence-corrected chi connectivity index (χ1v) is 14.6. The molecule has 3 saturated heterocycles. The Balaban J connectivity index is 1.65. The number of aliphatic hydroxyl groups excluding tert-OH is 1. The van der Waals surface area contributed by atoms with Gasteiger partial charge in [-0.2, -0.15) is 0 Å². The van der Waals surface area contributed by atoms with Crippen LogP contribution in [0, 0.1) is 29.6 Å². The summed E-state index contributed by atoms with van der Waals surface area (Å²) >= 11 is 0. The molecule has 11 atom stereocenters. The Labute approximate surface area is 222 Å². The molecule has 0 aromatic heterocycles. The van der Waals surface area contributed by atoms with Gasteiger partial charge in [-0.1, -0.05) is 53.0 Å². The second-order valence-corrected chi connectivity index (χ2v) is 12.4. The molecule has 37 heavy (non-hydrogen) atoms. The molecule has 0 radical (unpaired) electrons. The fraction of sp³-hybridized carbons (Fsp3) is 0.867. The first kappa shape index (κ1) is 28.6. The second kappa shape index (κ2) is 11.7. The van der Waals surface area contributed by atoms with Crippen molar-refractivity contribution in [1.82, 2.24) is 0 Å². The predicted molar refractivity (Wildman–Crippen MR) is 140 cm³/mol. The fourth-order valence-corrected chi connectivity index (χ4v) is 7.61. The summed E-state index contributed by atoms with van der Waals surface area (Å²) in [6, 6.07) is 0. The van der Waals surface area contributed by atoms with E-state index in [9.17, 15) is 14.7 Å². The molecule has 3 heterocycles. The molecule has 2 bridgehead atoms. The maximum absolute atomic E-state index is 13.0. The van der Waals surface area contributed by atoms with Crippen LogP contribution in [-0.2, 0) is 28.5 Å². The summed E-state index contributed by atoms with van der Waals surface area (Å²) < 4.78 is 25.6. The van der Waals surface area contributed by atoms with E-state index in [1.165, 1.54) is 13.3 Å². The number of rotatable bonds is 8. The van der Waals surface area contributed by atoms with Crippen LogP contribution in [-0.4, -0.2) is 59.8 Å². The molecule has 1 N–H and O–H groups in total. The van der Waals surface area contributed by atoms with Gasteiger partial charge in [0.25, 0.3) is 0 Å². The summed E-state index contributed by atoms with van der Waals surface area (Å²) in [6.45, 7) is 14.7. The van der Waals surface area contributed by atoms with Gasteiger partial charge in [-0.3, -0.25) is 9.59 Å². The van der Waals surface area contributed by atoms with E-state index >= 15 is 0 Å². The molecular formula is C30H48O7. The number of unbranched alkanes of at least 4 members (excludes halogenated alkanes) is 4. The van der Waals surface area contributed by atoms with E-state index in [4.69, 9.17) is 18.9 Å². The van der Waals surface area contributed by atoms with E-state index in [-0.39, 0.29) is 60.3 Å². The molecule has 7 heteroatoms. The first-order chi connectivity index (χ1) is 17.6. The second-order valence-electron chi connectivity index (χ2n) is 12.4. The average Bonchev–Trinajstić information content (AvgIpc) is 3.18. The predicted octanol–water partition coefficient (Wildman–Crippen LogP) is 4.98. The van der Waals surface area contributed by atoms with Crippen molar-refractivity contribution in [3.63, 3.8) is 0 Å². The Morgan fingerprint density at radius 2 is 1.81 bits per heavy atom. The molecule has 0 aromatic carbocycles. The molecule has 1 saturated carbocycles. The van der Waals surface area contributed by atoms with Crippen molar-refractivity contribution in [3.05, 3.63) is 12.2 Å². The zero-order valence-corrected chi connectivity index (χ0v) is 23.4. The van der Waals surface area contributed by atoms with Gasteiger partial charge in [0.1, 0.15) is 17.8 Å². The molecule has 210 valence electrons. The number of hydrogen-bond acceptors (Lipinski definition) is 7. The molecule has 3 aliphatic heterocycles. The number of carbonyl (C=O) groups is 2. The lowest BCUT2D eigenvalue weighted by molar-refractivity contribution is -0.205. The van der Waals surface area contributed by atoms with Crippen molar-refractivity contribution in [2.75, 3.05) is 6.61 Å². The molecule has 0 amide bonds. The minimum absolute atomic E-state index is 0.0249. The van der Waals surface area contributed by atoms with E-state index in [2.05, 4.69) is 27.4 Å². The van der Waals surface area contributed by atoms with Crippen LogP contribution in [0.25, 0.3) is 0 Å². The van der Waals surface area contributed by atoms with E-state index in [1.54, 1.807) is 0 Å². The van der Waals surface area contributed by atoms with E-state index in [0.717, 1.165) is 32.1 Å². The van der Waals surface area contributed by atoms with Crippen LogP contribution >= 0.6 is 0 Å². The molecule has 1 unspecified atom stereocenters. The highest BCUT2D eigenvalue weighted by Crippen LogP contribution is 2.58. The van der Waals surface area contributed by atoms with Crippen LogP contribution in [0.1, 0.15) is 92.4 Å². The molecule has 4 rings (SSSR count). The number of hydrogen-bond donors (Lipinski definition) is 1. The van der Waals surface area contributed by atoms with Gasteiger partial charge in [0.2, 0.25) is 0 Å². The van der Waals surface area contributed by atoms with Gasteiger partial charge in [-0.15, -0.1) is 0 Å². The first-order valence-electron chi connectivity index (χ1n) is 14.6. The minimum Gasteiger partial charge on any atom is -0.462 e. The SMILES string of the molecule is C=C1CC2O[C@@H]3[C@@H]4[C@H](C[C@H](C)[C@H](OC(C)=O)[C@H]24)[C@H](C)CO[C@]3(C)[C@@H](OC(=O)CCCCCCC)C[C@H]1O. The standard InChI is InChI=1S/C30H48O7/c1-7-8-9-10-11-12-25(33)37-24-15-22(32)17(2)14-23-27-26-21(13-18(3)28(27)35-20(5)31)19(4)16-34-30(24,6)29(26)36-23/h18-19,21-24,26-29,32H,2,7-16H2,1,3-6H3/t18-,19+,21+,22+,23?,24-,26+,27+,28-,29+,30+/m0/s1.